The van der Waals surface area contributed by atoms with Gasteiger partial charge in [0.05, 0.1) is 24.2 Å². The number of aliphatic hydroxyl groups is 1. The van der Waals surface area contributed by atoms with E-state index in [1.54, 1.807) is 11.6 Å². The van der Waals surface area contributed by atoms with E-state index in [1.165, 1.54) is 17.4 Å². The van der Waals surface area contributed by atoms with Crippen LogP contribution in [0.25, 0.3) is 0 Å². The minimum absolute atomic E-state index is 0.0109. The zero-order valence-corrected chi connectivity index (χ0v) is 11.9. The average Bonchev–Trinajstić information content (AvgIpc) is 3.05. The highest BCUT2D eigenvalue weighted by Crippen LogP contribution is 2.21. The molecule has 0 aromatic carbocycles. The molecule has 2 aromatic rings. The molecule has 0 aliphatic carbocycles. The number of aromatic nitrogens is 1. The molecule has 0 amide bonds. The average molecular weight is 302 g/mol. The maximum atomic E-state index is 12.0. The lowest BCUT2D eigenvalue weighted by molar-refractivity contribution is 0.282. The Bertz CT molecular complexity index is 645. The van der Waals surface area contributed by atoms with Crippen LogP contribution in [0.4, 0.5) is 0 Å². The number of hydrogen-bond donors (Lipinski definition) is 2. The topological polar surface area (TPSA) is 92.4 Å². The Balaban J connectivity index is 2.09. The van der Waals surface area contributed by atoms with Crippen LogP contribution in [0.15, 0.2) is 27.0 Å². The van der Waals surface area contributed by atoms with Crippen LogP contribution in [-0.2, 0) is 29.6 Å². The predicted octanol–water partition coefficient (Wildman–Crippen LogP) is 1.27. The summed E-state index contributed by atoms with van der Waals surface area (Å²) in [7, 11) is -3.65. The van der Waals surface area contributed by atoms with Gasteiger partial charge in [-0.3, -0.25) is 0 Å². The van der Waals surface area contributed by atoms with Gasteiger partial charge in [-0.1, -0.05) is 6.92 Å². The standard InChI is InChI=1S/C11H14N2O4S2/c1-2-8-5-12-11(17-8)6-13-19(15,16)10-3-4-18-9(10)7-14/h3-5,13-14H,2,6-7H2,1H3. The second kappa shape index (κ2) is 5.83. The summed E-state index contributed by atoms with van der Waals surface area (Å²) in [5, 5.41) is 10.7. The Kier molecular flexibility index (Phi) is 4.35. The fourth-order valence-electron chi connectivity index (χ4n) is 1.51. The van der Waals surface area contributed by atoms with E-state index in [1.807, 2.05) is 6.92 Å². The Morgan fingerprint density at radius 1 is 1.53 bits per heavy atom. The van der Waals surface area contributed by atoms with Crippen molar-refractivity contribution in [2.45, 2.75) is 31.4 Å². The third-order valence-corrected chi connectivity index (χ3v) is 5.02. The SMILES string of the molecule is CCc1cnc(CNS(=O)(=O)c2ccsc2CO)o1. The molecule has 0 spiro atoms. The van der Waals surface area contributed by atoms with E-state index >= 15 is 0 Å². The maximum Gasteiger partial charge on any atom is 0.242 e. The van der Waals surface area contributed by atoms with Gasteiger partial charge in [-0.15, -0.1) is 11.3 Å². The fraction of sp³-hybridized carbons (Fsp3) is 0.364. The zero-order chi connectivity index (χ0) is 13.9. The van der Waals surface area contributed by atoms with Crippen molar-refractivity contribution in [2.75, 3.05) is 0 Å². The number of rotatable bonds is 6. The van der Waals surface area contributed by atoms with Crippen molar-refractivity contribution in [1.29, 1.82) is 0 Å². The third-order valence-electron chi connectivity index (χ3n) is 2.50. The predicted molar refractivity (Wildman–Crippen MR) is 70.1 cm³/mol. The van der Waals surface area contributed by atoms with Gasteiger partial charge in [0.25, 0.3) is 0 Å². The normalized spacial score (nSPS) is 11.9. The van der Waals surface area contributed by atoms with Crippen LogP contribution in [-0.4, -0.2) is 18.5 Å². The Hall–Kier alpha value is -1.22. The number of nitrogens with zero attached hydrogens (tertiary/aromatic N) is 1. The largest absolute Gasteiger partial charge is 0.444 e. The third kappa shape index (κ3) is 3.21. The van der Waals surface area contributed by atoms with Crippen LogP contribution in [0.5, 0.6) is 0 Å². The molecule has 2 aromatic heterocycles. The van der Waals surface area contributed by atoms with E-state index in [0.717, 1.165) is 0 Å². The van der Waals surface area contributed by atoms with E-state index in [4.69, 9.17) is 9.52 Å². The summed E-state index contributed by atoms with van der Waals surface area (Å²) in [5.41, 5.74) is 0. The molecule has 2 N–H and O–H groups in total. The van der Waals surface area contributed by atoms with Gasteiger partial charge in [0.2, 0.25) is 15.9 Å². The molecule has 0 aliphatic rings. The van der Waals surface area contributed by atoms with Crippen LogP contribution in [0.3, 0.4) is 0 Å². The van der Waals surface area contributed by atoms with E-state index in [2.05, 4.69) is 9.71 Å². The van der Waals surface area contributed by atoms with Crippen LogP contribution in [0, 0.1) is 0 Å². The highest BCUT2D eigenvalue weighted by Gasteiger charge is 2.19. The molecule has 19 heavy (non-hydrogen) atoms. The van der Waals surface area contributed by atoms with Crippen molar-refractivity contribution in [1.82, 2.24) is 9.71 Å². The summed E-state index contributed by atoms with van der Waals surface area (Å²) in [4.78, 5) is 4.48. The lowest BCUT2D eigenvalue weighted by Gasteiger charge is -2.04. The molecular weight excluding hydrogens is 288 g/mol. The number of hydrogen-bond acceptors (Lipinski definition) is 6. The minimum atomic E-state index is -3.65. The Morgan fingerprint density at radius 3 is 2.95 bits per heavy atom. The van der Waals surface area contributed by atoms with Crippen LogP contribution >= 0.6 is 11.3 Å². The van der Waals surface area contributed by atoms with Gasteiger partial charge < -0.3 is 9.52 Å². The number of oxazole rings is 1. The van der Waals surface area contributed by atoms with Gasteiger partial charge in [-0.25, -0.2) is 18.1 Å². The summed E-state index contributed by atoms with van der Waals surface area (Å²) in [5.74, 6) is 1.03. The quantitative estimate of drug-likeness (QED) is 0.838. The molecule has 0 saturated carbocycles. The van der Waals surface area contributed by atoms with Crippen molar-refractivity contribution in [2.24, 2.45) is 0 Å². The zero-order valence-electron chi connectivity index (χ0n) is 10.3. The molecule has 0 atom stereocenters. The fourth-order valence-corrected chi connectivity index (χ4v) is 3.78. The minimum Gasteiger partial charge on any atom is -0.444 e. The van der Waals surface area contributed by atoms with Gasteiger partial charge in [-0.2, -0.15) is 0 Å². The van der Waals surface area contributed by atoms with E-state index < -0.39 is 10.0 Å². The highest BCUT2D eigenvalue weighted by molar-refractivity contribution is 7.89. The smallest absolute Gasteiger partial charge is 0.242 e. The number of sulfonamides is 1. The lowest BCUT2D eigenvalue weighted by Crippen LogP contribution is -2.23. The second-order valence-electron chi connectivity index (χ2n) is 3.76. The van der Waals surface area contributed by atoms with Crippen molar-refractivity contribution in [3.63, 3.8) is 0 Å². The van der Waals surface area contributed by atoms with E-state index in [0.29, 0.717) is 22.9 Å². The number of aliphatic hydroxyl groups excluding tert-OH is 1. The van der Waals surface area contributed by atoms with Crippen molar-refractivity contribution in [3.8, 4) is 0 Å². The van der Waals surface area contributed by atoms with Gasteiger partial charge in [0.15, 0.2) is 0 Å². The Labute approximate surface area is 115 Å². The molecular formula is C11H14N2O4S2. The van der Waals surface area contributed by atoms with Gasteiger partial charge in [0, 0.05) is 11.3 Å². The summed E-state index contributed by atoms with van der Waals surface area (Å²) < 4.78 is 31.8. The van der Waals surface area contributed by atoms with Crippen LogP contribution in [0.1, 0.15) is 23.5 Å². The maximum absolute atomic E-state index is 12.0. The van der Waals surface area contributed by atoms with Gasteiger partial charge >= 0.3 is 0 Å². The van der Waals surface area contributed by atoms with E-state index in [-0.39, 0.29) is 18.0 Å². The first-order chi connectivity index (χ1) is 9.06. The number of thiophene rings is 1. The summed E-state index contributed by atoms with van der Waals surface area (Å²) in [6, 6.07) is 1.46. The molecule has 8 heteroatoms. The molecule has 0 radical (unpaired) electrons. The van der Waals surface area contributed by atoms with E-state index in [9.17, 15) is 8.42 Å². The van der Waals surface area contributed by atoms with Crippen LogP contribution < -0.4 is 4.72 Å². The van der Waals surface area contributed by atoms with Gasteiger partial charge in [-0.05, 0) is 11.4 Å². The van der Waals surface area contributed by atoms with Crippen molar-refractivity contribution >= 4 is 21.4 Å². The molecule has 0 fully saturated rings. The molecule has 2 heterocycles. The molecule has 2 rings (SSSR count). The Morgan fingerprint density at radius 2 is 2.32 bits per heavy atom. The van der Waals surface area contributed by atoms with Crippen molar-refractivity contribution < 1.29 is 17.9 Å². The summed E-state index contributed by atoms with van der Waals surface area (Å²) in [6.07, 6.45) is 2.28. The number of aryl methyl sites for hydroxylation is 1. The molecule has 104 valence electrons. The molecule has 0 aliphatic heterocycles. The molecule has 0 bridgehead atoms. The monoisotopic (exact) mass is 302 g/mol. The van der Waals surface area contributed by atoms with Crippen LogP contribution in [0.2, 0.25) is 0 Å². The summed E-state index contributed by atoms with van der Waals surface area (Å²) >= 11 is 1.20. The van der Waals surface area contributed by atoms with Crippen molar-refractivity contribution in [3.05, 3.63) is 34.2 Å². The van der Waals surface area contributed by atoms with Gasteiger partial charge in [0.1, 0.15) is 5.76 Å². The molecule has 6 nitrogen and oxygen atoms in total. The highest BCUT2D eigenvalue weighted by atomic mass is 32.2. The first-order valence-electron chi connectivity index (χ1n) is 5.67. The first-order valence-corrected chi connectivity index (χ1v) is 8.03. The second-order valence-corrected chi connectivity index (χ2v) is 6.50. The summed E-state index contributed by atoms with van der Waals surface area (Å²) in [6.45, 7) is 1.61. The number of nitrogens with one attached hydrogen (secondary N) is 1. The lowest BCUT2D eigenvalue weighted by atomic mass is 10.4. The molecule has 0 saturated heterocycles. The first kappa shape index (κ1) is 14.2. The molecule has 0 unspecified atom stereocenters.